The van der Waals surface area contributed by atoms with Gasteiger partial charge >= 0.3 is 11.7 Å². The molecule has 1 heterocycles. The highest BCUT2D eigenvalue weighted by Crippen LogP contribution is 2.30. The van der Waals surface area contributed by atoms with E-state index in [0.29, 0.717) is 11.8 Å². The van der Waals surface area contributed by atoms with Crippen LogP contribution in [-0.2, 0) is 6.61 Å². The van der Waals surface area contributed by atoms with Gasteiger partial charge in [-0.1, -0.05) is 0 Å². The van der Waals surface area contributed by atoms with Gasteiger partial charge in [-0.2, -0.15) is 0 Å². The highest BCUT2D eigenvalue weighted by atomic mass is 19.1. The molecule has 0 unspecified atom stereocenters. The molecule has 1 aromatic carbocycles. The zero-order valence-corrected chi connectivity index (χ0v) is 9.91. The normalized spacial score (nSPS) is 10.2. The molecule has 0 radical (unpaired) electrons. The van der Waals surface area contributed by atoms with Crippen LogP contribution in [0.3, 0.4) is 0 Å². The number of furan rings is 1. The van der Waals surface area contributed by atoms with Gasteiger partial charge in [0.25, 0.3) is 0 Å². The summed E-state index contributed by atoms with van der Waals surface area (Å²) in [6.07, 6.45) is 1.39. The lowest BCUT2D eigenvalue weighted by molar-refractivity contribution is -0.386. The zero-order valence-electron chi connectivity index (χ0n) is 9.91. The zero-order chi connectivity index (χ0) is 14.7. The van der Waals surface area contributed by atoms with E-state index in [2.05, 4.69) is 0 Å². The number of ether oxygens (including phenoxy) is 1. The minimum absolute atomic E-state index is 0.140. The molecule has 0 saturated carbocycles. The van der Waals surface area contributed by atoms with Crippen molar-refractivity contribution in [1.29, 1.82) is 0 Å². The molecule has 0 bridgehead atoms. The minimum Gasteiger partial charge on any atom is -0.479 e. The van der Waals surface area contributed by atoms with Gasteiger partial charge in [0.1, 0.15) is 18.2 Å². The summed E-state index contributed by atoms with van der Waals surface area (Å²) >= 11 is 0. The largest absolute Gasteiger partial charge is 0.479 e. The summed E-state index contributed by atoms with van der Waals surface area (Å²) in [5.74, 6) is -2.69. The lowest BCUT2D eigenvalue weighted by atomic mass is 10.2. The molecule has 7 nitrogen and oxygen atoms in total. The summed E-state index contributed by atoms with van der Waals surface area (Å²) in [6, 6.07) is 4.47. The number of nitro benzene ring substituents is 1. The smallest absolute Gasteiger partial charge is 0.338 e. The fourth-order valence-electron chi connectivity index (χ4n) is 1.51. The van der Waals surface area contributed by atoms with Crippen molar-refractivity contribution in [3.05, 3.63) is 57.8 Å². The SMILES string of the molecule is O=C(O)c1cc(OCc2ccco2)c([N+](=O)[O-])cc1F. The Morgan fingerprint density at radius 1 is 1.50 bits per heavy atom. The molecule has 0 fully saturated rings. The number of carboxylic acids is 1. The van der Waals surface area contributed by atoms with Crippen LogP contribution in [0.4, 0.5) is 10.1 Å². The van der Waals surface area contributed by atoms with Gasteiger partial charge < -0.3 is 14.3 Å². The molecule has 0 spiro atoms. The number of hydrogen-bond donors (Lipinski definition) is 1. The van der Waals surface area contributed by atoms with E-state index in [1.54, 1.807) is 12.1 Å². The van der Waals surface area contributed by atoms with E-state index < -0.39 is 28.0 Å². The molecule has 0 atom stereocenters. The van der Waals surface area contributed by atoms with Crippen LogP contribution >= 0.6 is 0 Å². The third-order valence-electron chi connectivity index (χ3n) is 2.43. The first-order valence-electron chi connectivity index (χ1n) is 5.35. The molecule has 0 aliphatic heterocycles. The average Bonchev–Trinajstić information content (AvgIpc) is 2.89. The first kappa shape index (κ1) is 13.5. The molecule has 0 aliphatic rings. The maximum Gasteiger partial charge on any atom is 0.338 e. The van der Waals surface area contributed by atoms with Crippen LogP contribution in [0.25, 0.3) is 0 Å². The van der Waals surface area contributed by atoms with Gasteiger partial charge in [-0.3, -0.25) is 10.1 Å². The maximum absolute atomic E-state index is 13.4. The van der Waals surface area contributed by atoms with Crippen molar-refractivity contribution in [3.8, 4) is 5.75 Å². The second kappa shape index (κ2) is 5.39. The van der Waals surface area contributed by atoms with E-state index in [9.17, 15) is 19.3 Å². The van der Waals surface area contributed by atoms with Crippen molar-refractivity contribution in [1.82, 2.24) is 0 Å². The summed E-state index contributed by atoms with van der Waals surface area (Å²) in [4.78, 5) is 20.8. The topological polar surface area (TPSA) is 103 Å². The van der Waals surface area contributed by atoms with E-state index >= 15 is 0 Å². The number of rotatable bonds is 5. The lowest BCUT2D eigenvalue weighted by Gasteiger charge is -2.07. The number of carboxylic acid groups (broad SMARTS) is 1. The molecule has 20 heavy (non-hydrogen) atoms. The Balaban J connectivity index is 2.35. The van der Waals surface area contributed by atoms with Crippen LogP contribution in [0.2, 0.25) is 0 Å². The molecule has 0 aliphatic carbocycles. The Morgan fingerprint density at radius 2 is 2.25 bits per heavy atom. The van der Waals surface area contributed by atoms with Crippen molar-refractivity contribution in [3.63, 3.8) is 0 Å². The summed E-state index contributed by atoms with van der Waals surface area (Å²) < 4.78 is 23.5. The van der Waals surface area contributed by atoms with Crippen LogP contribution in [0.1, 0.15) is 16.1 Å². The number of hydrogen-bond acceptors (Lipinski definition) is 5. The average molecular weight is 281 g/mol. The minimum atomic E-state index is -1.54. The molecule has 2 aromatic rings. The van der Waals surface area contributed by atoms with Gasteiger partial charge in [-0.25, -0.2) is 9.18 Å². The summed E-state index contributed by atoms with van der Waals surface area (Å²) in [7, 11) is 0. The first-order chi connectivity index (χ1) is 9.49. The third-order valence-corrected chi connectivity index (χ3v) is 2.43. The number of halogens is 1. The molecule has 2 rings (SSSR count). The number of carbonyl (C=O) groups is 1. The quantitative estimate of drug-likeness (QED) is 0.667. The number of benzene rings is 1. The number of nitro groups is 1. The molecular formula is C12H8FNO6. The van der Waals surface area contributed by atoms with Crippen molar-refractivity contribution >= 4 is 11.7 Å². The Labute approximate surface area is 111 Å². The fraction of sp³-hybridized carbons (Fsp3) is 0.0833. The lowest BCUT2D eigenvalue weighted by Crippen LogP contribution is -2.05. The molecule has 1 N–H and O–H groups in total. The van der Waals surface area contributed by atoms with Crippen molar-refractivity contribution in [2.45, 2.75) is 6.61 Å². The fourth-order valence-corrected chi connectivity index (χ4v) is 1.51. The molecule has 1 aromatic heterocycles. The van der Waals surface area contributed by atoms with Crippen molar-refractivity contribution in [2.75, 3.05) is 0 Å². The van der Waals surface area contributed by atoms with Crippen molar-refractivity contribution < 1.29 is 28.4 Å². The van der Waals surface area contributed by atoms with E-state index in [1.807, 2.05) is 0 Å². The van der Waals surface area contributed by atoms with Crippen LogP contribution in [0, 0.1) is 15.9 Å². The predicted octanol–water partition coefficient (Wildman–Crippen LogP) is 2.60. The summed E-state index contributed by atoms with van der Waals surface area (Å²) in [6.45, 7) is -0.140. The standard InChI is InChI=1S/C12H8FNO6/c13-9-5-10(14(17)18)11(4-8(9)12(15)16)20-6-7-2-1-3-19-7/h1-5H,6H2,(H,15,16). The third kappa shape index (κ3) is 2.74. The van der Waals surface area contributed by atoms with Gasteiger partial charge in [-0.15, -0.1) is 0 Å². The second-order valence-corrected chi connectivity index (χ2v) is 3.73. The van der Waals surface area contributed by atoms with E-state index in [4.69, 9.17) is 14.3 Å². The van der Waals surface area contributed by atoms with E-state index in [0.717, 1.165) is 6.07 Å². The molecule has 0 amide bonds. The Kier molecular flexibility index (Phi) is 3.65. The molecule has 8 heteroatoms. The summed E-state index contributed by atoms with van der Waals surface area (Å²) in [5, 5.41) is 19.6. The summed E-state index contributed by atoms with van der Waals surface area (Å²) in [5.41, 5.74) is -1.36. The first-order valence-corrected chi connectivity index (χ1v) is 5.35. The molecule has 104 valence electrons. The monoisotopic (exact) mass is 281 g/mol. The molecule has 0 saturated heterocycles. The second-order valence-electron chi connectivity index (χ2n) is 3.73. The Bertz CT molecular complexity index is 652. The number of nitrogens with zero attached hydrogens (tertiary/aromatic N) is 1. The highest BCUT2D eigenvalue weighted by molar-refractivity contribution is 5.89. The Morgan fingerprint density at radius 3 is 2.80 bits per heavy atom. The van der Waals surface area contributed by atoms with E-state index in [1.165, 1.54) is 6.26 Å². The highest BCUT2D eigenvalue weighted by Gasteiger charge is 2.23. The number of aromatic carboxylic acids is 1. The van der Waals surface area contributed by atoms with E-state index in [-0.39, 0.29) is 12.4 Å². The van der Waals surface area contributed by atoms with Crippen molar-refractivity contribution in [2.24, 2.45) is 0 Å². The predicted molar refractivity (Wildman–Crippen MR) is 63.1 cm³/mol. The van der Waals surface area contributed by atoms with Gasteiger partial charge in [0, 0.05) is 6.07 Å². The van der Waals surface area contributed by atoms with Crippen LogP contribution in [0.5, 0.6) is 5.75 Å². The van der Waals surface area contributed by atoms with Crippen LogP contribution < -0.4 is 4.74 Å². The van der Waals surface area contributed by atoms with Gasteiger partial charge in [0.15, 0.2) is 5.75 Å². The van der Waals surface area contributed by atoms with Gasteiger partial charge in [-0.05, 0) is 12.1 Å². The van der Waals surface area contributed by atoms with Gasteiger partial charge in [0.05, 0.1) is 22.8 Å². The van der Waals surface area contributed by atoms with Gasteiger partial charge in [0.2, 0.25) is 0 Å². The van der Waals surface area contributed by atoms with Crippen LogP contribution in [-0.4, -0.2) is 16.0 Å². The van der Waals surface area contributed by atoms with Crippen LogP contribution in [0.15, 0.2) is 34.9 Å². The Hall–Kier alpha value is -2.90. The maximum atomic E-state index is 13.4. The molecular weight excluding hydrogens is 273 g/mol.